The van der Waals surface area contributed by atoms with Crippen LogP contribution in [0, 0.1) is 5.92 Å². The van der Waals surface area contributed by atoms with Gasteiger partial charge in [-0.25, -0.2) is 0 Å². The summed E-state index contributed by atoms with van der Waals surface area (Å²) < 4.78 is 6.07. The zero-order valence-corrected chi connectivity index (χ0v) is 19.0. The monoisotopic (exact) mass is 449 g/mol. The van der Waals surface area contributed by atoms with Crippen LogP contribution in [0.15, 0.2) is 47.6 Å². The number of hydrogen-bond acceptors (Lipinski definition) is 5. The number of ether oxygens (including phenoxy) is 1. The second-order valence-corrected chi connectivity index (χ2v) is 8.78. The molecule has 0 aliphatic carbocycles. The van der Waals surface area contributed by atoms with Crippen molar-refractivity contribution in [2.75, 3.05) is 18.4 Å². The van der Waals surface area contributed by atoms with Crippen LogP contribution in [0.4, 0.5) is 5.69 Å². The fraction of sp³-hybridized carbons (Fsp3) is 0.423. The van der Waals surface area contributed by atoms with Crippen LogP contribution in [0.2, 0.25) is 0 Å². The summed E-state index contributed by atoms with van der Waals surface area (Å²) in [6.07, 6.45) is 6.81. The number of benzene rings is 2. The van der Waals surface area contributed by atoms with Crippen molar-refractivity contribution in [1.82, 2.24) is 5.01 Å². The standard InChI is InChI=1S/C26H31N3O4/c1-2-23-21(16-25(30)31)14-19-8-9-20(15-24(19)33-23)26(32)28-22-10-6-18(7-11-22)17-27-29-12-4-3-5-13-29/h6-11,15,17,21,23H,2-5,12-14,16H2,1H3,(H,28,32)(H,30,31). The maximum Gasteiger partial charge on any atom is 0.303 e. The van der Waals surface area contributed by atoms with E-state index in [2.05, 4.69) is 15.4 Å². The second-order valence-electron chi connectivity index (χ2n) is 8.78. The Morgan fingerprint density at radius 1 is 1.15 bits per heavy atom. The molecule has 0 spiro atoms. The van der Waals surface area contributed by atoms with Gasteiger partial charge in [-0.2, -0.15) is 5.10 Å². The average molecular weight is 450 g/mol. The summed E-state index contributed by atoms with van der Waals surface area (Å²) in [5, 5.41) is 18.7. The summed E-state index contributed by atoms with van der Waals surface area (Å²) in [7, 11) is 0. The van der Waals surface area contributed by atoms with Gasteiger partial charge in [0.25, 0.3) is 5.91 Å². The van der Waals surface area contributed by atoms with E-state index >= 15 is 0 Å². The third-order valence-electron chi connectivity index (χ3n) is 6.33. The lowest BCUT2D eigenvalue weighted by molar-refractivity contribution is -0.139. The van der Waals surface area contributed by atoms with Gasteiger partial charge in [0.2, 0.25) is 0 Å². The first-order valence-corrected chi connectivity index (χ1v) is 11.7. The van der Waals surface area contributed by atoms with Crippen molar-refractivity contribution in [2.45, 2.75) is 51.6 Å². The van der Waals surface area contributed by atoms with E-state index in [1.165, 1.54) is 19.3 Å². The quantitative estimate of drug-likeness (QED) is 0.605. The van der Waals surface area contributed by atoms with Crippen molar-refractivity contribution in [3.8, 4) is 5.75 Å². The Morgan fingerprint density at radius 2 is 1.91 bits per heavy atom. The number of fused-ring (bicyclic) bond motifs is 1. The van der Waals surface area contributed by atoms with Gasteiger partial charge in [-0.3, -0.25) is 14.6 Å². The molecule has 0 bridgehead atoms. The molecule has 2 aliphatic rings. The number of aliphatic carboxylic acids is 1. The number of carboxylic acid groups (broad SMARTS) is 1. The highest BCUT2D eigenvalue weighted by atomic mass is 16.5. The third kappa shape index (κ3) is 5.92. The smallest absolute Gasteiger partial charge is 0.303 e. The SMILES string of the molecule is CCC1Oc2cc(C(=O)Nc3ccc(C=NN4CCCCC4)cc3)ccc2CC1CC(=O)O. The molecule has 1 amide bonds. The van der Waals surface area contributed by atoms with Crippen molar-refractivity contribution in [2.24, 2.45) is 11.0 Å². The van der Waals surface area contributed by atoms with Crippen molar-refractivity contribution in [3.05, 3.63) is 59.2 Å². The summed E-state index contributed by atoms with van der Waals surface area (Å²) in [6, 6.07) is 13.0. The molecule has 4 rings (SSSR count). The van der Waals surface area contributed by atoms with E-state index < -0.39 is 5.97 Å². The Labute approximate surface area is 194 Å². The lowest BCUT2D eigenvalue weighted by Crippen LogP contribution is -2.34. The van der Waals surface area contributed by atoms with Crippen LogP contribution >= 0.6 is 0 Å². The average Bonchev–Trinajstić information content (AvgIpc) is 2.83. The largest absolute Gasteiger partial charge is 0.490 e. The molecule has 2 N–H and O–H groups in total. The molecule has 0 saturated carbocycles. The van der Waals surface area contributed by atoms with Crippen molar-refractivity contribution in [3.63, 3.8) is 0 Å². The molecular formula is C26H31N3O4. The second kappa shape index (κ2) is 10.5. The summed E-state index contributed by atoms with van der Waals surface area (Å²) in [4.78, 5) is 24.0. The predicted molar refractivity (Wildman–Crippen MR) is 128 cm³/mol. The molecule has 7 heteroatoms. The van der Waals surface area contributed by atoms with Crippen molar-refractivity contribution < 1.29 is 19.4 Å². The lowest BCUT2D eigenvalue weighted by Gasteiger charge is -2.32. The van der Waals surface area contributed by atoms with Crippen molar-refractivity contribution in [1.29, 1.82) is 0 Å². The molecule has 1 saturated heterocycles. The van der Waals surface area contributed by atoms with Crippen LogP contribution in [0.3, 0.4) is 0 Å². The van der Waals surface area contributed by atoms with Gasteiger partial charge in [-0.15, -0.1) is 0 Å². The van der Waals surface area contributed by atoms with Gasteiger partial charge < -0.3 is 15.2 Å². The minimum atomic E-state index is -0.815. The zero-order chi connectivity index (χ0) is 23.2. The van der Waals surface area contributed by atoms with Gasteiger partial charge in [-0.05, 0) is 67.5 Å². The van der Waals surface area contributed by atoms with Gasteiger partial charge in [0, 0.05) is 30.3 Å². The van der Waals surface area contributed by atoms with Crippen LogP contribution < -0.4 is 10.1 Å². The number of carbonyl (C=O) groups excluding carboxylic acids is 1. The Bertz CT molecular complexity index is 1010. The summed E-state index contributed by atoms with van der Waals surface area (Å²) >= 11 is 0. The van der Waals surface area contributed by atoms with Gasteiger partial charge in [0.1, 0.15) is 11.9 Å². The van der Waals surface area contributed by atoms with Gasteiger partial charge in [0.05, 0.1) is 12.6 Å². The van der Waals surface area contributed by atoms with Crippen LogP contribution in [-0.2, 0) is 11.2 Å². The minimum absolute atomic E-state index is 0.0587. The number of rotatable bonds is 7. The van der Waals surface area contributed by atoms with E-state index in [4.69, 9.17) is 4.74 Å². The zero-order valence-electron chi connectivity index (χ0n) is 19.0. The van der Waals surface area contributed by atoms with E-state index in [9.17, 15) is 14.7 Å². The van der Waals surface area contributed by atoms with Crippen molar-refractivity contribution >= 4 is 23.8 Å². The van der Waals surface area contributed by atoms with Crippen LogP contribution in [0.1, 0.15) is 60.5 Å². The topological polar surface area (TPSA) is 91.2 Å². The molecule has 2 heterocycles. The number of nitrogens with one attached hydrogen (secondary N) is 1. The molecule has 33 heavy (non-hydrogen) atoms. The first-order chi connectivity index (χ1) is 16.0. The number of piperidine rings is 1. The fourth-order valence-electron chi connectivity index (χ4n) is 4.49. The van der Waals surface area contributed by atoms with E-state index in [-0.39, 0.29) is 24.3 Å². The van der Waals surface area contributed by atoms with Gasteiger partial charge in [0.15, 0.2) is 0 Å². The van der Waals surface area contributed by atoms with Crippen LogP contribution in [0.25, 0.3) is 0 Å². The number of hydrazone groups is 1. The molecule has 2 atom stereocenters. The molecule has 7 nitrogen and oxygen atoms in total. The number of nitrogens with zero attached hydrogens (tertiary/aromatic N) is 2. The maximum atomic E-state index is 12.8. The Balaban J connectivity index is 1.39. The highest BCUT2D eigenvalue weighted by molar-refractivity contribution is 6.04. The first kappa shape index (κ1) is 22.8. The molecule has 2 unspecified atom stereocenters. The third-order valence-corrected chi connectivity index (χ3v) is 6.33. The van der Waals surface area contributed by atoms with Gasteiger partial charge >= 0.3 is 5.97 Å². The molecule has 174 valence electrons. The highest BCUT2D eigenvalue weighted by Crippen LogP contribution is 2.34. The van der Waals surface area contributed by atoms with E-state index in [1.54, 1.807) is 12.1 Å². The van der Waals surface area contributed by atoms with Gasteiger partial charge in [-0.1, -0.05) is 25.1 Å². The minimum Gasteiger partial charge on any atom is -0.490 e. The van der Waals surface area contributed by atoms with E-state index in [1.807, 2.05) is 43.5 Å². The number of amides is 1. The number of hydrogen-bond donors (Lipinski definition) is 2. The summed E-state index contributed by atoms with van der Waals surface area (Å²) in [6.45, 7) is 4.00. The Morgan fingerprint density at radius 3 is 2.61 bits per heavy atom. The van der Waals surface area contributed by atoms with E-state index in [0.717, 1.165) is 30.6 Å². The molecule has 1 fully saturated rings. The maximum absolute atomic E-state index is 12.8. The Kier molecular flexibility index (Phi) is 7.27. The van der Waals surface area contributed by atoms with Crippen LogP contribution in [0.5, 0.6) is 5.75 Å². The van der Waals surface area contributed by atoms with Crippen LogP contribution in [-0.4, -0.2) is 47.4 Å². The molecule has 2 aliphatic heterocycles. The molecule has 2 aromatic rings. The number of carboxylic acids is 1. The summed E-state index contributed by atoms with van der Waals surface area (Å²) in [5.41, 5.74) is 3.15. The number of anilines is 1. The van der Waals surface area contributed by atoms with E-state index in [0.29, 0.717) is 23.4 Å². The first-order valence-electron chi connectivity index (χ1n) is 11.7. The highest BCUT2D eigenvalue weighted by Gasteiger charge is 2.31. The normalized spacial score (nSPS) is 20.2. The number of carbonyl (C=O) groups is 2. The molecular weight excluding hydrogens is 418 g/mol. The predicted octanol–water partition coefficient (Wildman–Crippen LogP) is 4.56. The molecule has 0 aromatic heterocycles. The molecule has 2 aromatic carbocycles. The fourth-order valence-corrected chi connectivity index (χ4v) is 4.49. The lowest BCUT2D eigenvalue weighted by atomic mass is 9.86. The summed E-state index contributed by atoms with van der Waals surface area (Å²) in [5.74, 6) is -0.417. The Hall–Kier alpha value is -3.35. The molecule has 0 radical (unpaired) electrons.